The van der Waals surface area contributed by atoms with Gasteiger partial charge < -0.3 is 5.21 Å². The Bertz CT molecular complexity index is 538. The number of benzene rings is 1. The molecule has 1 atom stereocenters. The van der Waals surface area contributed by atoms with Crippen LogP contribution in [0.1, 0.15) is 21.8 Å². The zero-order valence-corrected chi connectivity index (χ0v) is 9.60. The van der Waals surface area contributed by atoms with E-state index in [0.29, 0.717) is 5.56 Å². The summed E-state index contributed by atoms with van der Waals surface area (Å²) in [5, 5.41) is 11.7. The number of Topliss-reactive ketones (excluding diaryl/α,β-unsaturated/α-hetero) is 1. The molecule has 1 heterocycles. The third-order valence-corrected chi connectivity index (χ3v) is 2.60. The van der Waals surface area contributed by atoms with Crippen molar-refractivity contribution < 1.29 is 10.0 Å². The molecule has 0 aliphatic rings. The summed E-state index contributed by atoms with van der Waals surface area (Å²) in [4.78, 5) is 16.2. The van der Waals surface area contributed by atoms with Crippen LogP contribution in [0.15, 0.2) is 60.0 Å². The highest BCUT2D eigenvalue weighted by Gasteiger charge is 2.20. The third-order valence-electron chi connectivity index (χ3n) is 2.60. The summed E-state index contributed by atoms with van der Waals surface area (Å²) < 4.78 is 0. The van der Waals surface area contributed by atoms with Crippen LogP contribution in [0.25, 0.3) is 0 Å². The summed E-state index contributed by atoms with van der Waals surface area (Å²) in [5.41, 5.74) is 1.27. The SMILES string of the molecule is O=C(c1cccnc1)C(/C=N\O)c1ccccc1. The highest BCUT2D eigenvalue weighted by Crippen LogP contribution is 2.18. The molecule has 0 aliphatic carbocycles. The Morgan fingerprint density at radius 2 is 2.00 bits per heavy atom. The lowest BCUT2D eigenvalue weighted by Gasteiger charge is -2.10. The van der Waals surface area contributed by atoms with E-state index < -0.39 is 5.92 Å². The predicted molar refractivity (Wildman–Crippen MR) is 68.0 cm³/mol. The van der Waals surface area contributed by atoms with E-state index in [0.717, 1.165) is 5.56 Å². The molecule has 0 spiro atoms. The topological polar surface area (TPSA) is 62.5 Å². The summed E-state index contributed by atoms with van der Waals surface area (Å²) in [6, 6.07) is 12.6. The molecule has 0 bridgehead atoms. The molecule has 2 aromatic rings. The maximum absolute atomic E-state index is 12.3. The largest absolute Gasteiger partial charge is 0.411 e. The molecule has 1 aromatic heterocycles. The number of ketones is 1. The first-order chi connectivity index (χ1) is 8.83. The summed E-state index contributed by atoms with van der Waals surface area (Å²) in [7, 11) is 0. The minimum absolute atomic E-state index is 0.146. The first-order valence-electron chi connectivity index (χ1n) is 5.49. The number of carbonyl (C=O) groups is 1. The van der Waals surface area contributed by atoms with Gasteiger partial charge in [-0.15, -0.1) is 5.16 Å². The fraction of sp³-hybridized carbons (Fsp3) is 0.0714. The number of oxime groups is 1. The van der Waals surface area contributed by atoms with Gasteiger partial charge in [0.25, 0.3) is 0 Å². The lowest BCUT2D eigenvalue weighted by molar-refractivity contribution is 0.0982. The Morgan fingerprint density at radius 1 is 1.22 bits per heavy atom. The van der Waals surface area contributed by atoms with Crippen LogP contribution in [0.4, 0.5) is 0 Å². The average Bonchev–Trinajstić information content (AvgIpc) is 2.46. The highest BCUT2D eigenvalue weighted by atomic mass is 16.4. The third kappa shape index (κ3) is 2.60. The van der Waals surface area contributed by atoms with E-state index in [2.05, 4.69) is 10.1 Å². The van der Waals surface area contributed by atoms with Crippen molar-refractivity contribution in [3.8, 4) is 0 Å². The van der Waals surface area contributed by atoms with Crippen molar-refractivity contribution in [1.82, 2.24) is 4.98 Å². The second-order valence-corrected chi connectivity index (χ2v) is 3.76. The summed E-state index contributed by atoms with van der Waals surface area (Å²) in [5.74, 6) is -0.743. The van der Waals surface area contributed by atoms with Gasteiger partial charge in [0.2, 0.25) is 0 Å². The number of carbonyl (C=O) groups excluding carboxylic acids is 1. The molecule has 4 heteroatoms. The molecule has 0 saturated heterocycles. The van der Waals surface area contributed by atoms with Crippen molar-refractivity contribution in [2.75, 3.05) is 0 Å². The minimum Gasteiger partial charge on any atom is -0.411 e. The van der Waals surface area contributed by atoms with Crippen molar-refractivity contribution in [3.05, 3.63) is 66.0 Å². The Balaban J connectivity index is 2.35. The zero-order chi connectivity index (χ0) is 12.8. The van der Waals surface area contributed by atoms with Crippen molar-refractivity contribution >= 4 is 12.0 Å². The van der Waals surface area contributed by atoms with Crippen LogP contribution in [0.5, 0.6) is 0 Å². The van der Waals surface area contributed by atoms with Gasteiger partial charge in [0.1, 0.15) is 0 Å². The molecule has 2 rings (SSSR count). The highest BCUT2D eigenvalue weighted by molar-refractivity contribution is 6.10. The molecule has 0 aliphatic heterocycles. The van der Waals surface area contributed by atoms with E-state index in [9.17, 15) is 4.79 Å². The fourth-order valence-corrected chi connectivity index (χ4v) is 1.72. The number of nitrogens with zero attached hydrogens (tertiary/aromatic N) is 2. The number of hydrogen-bond donors (Lipinski definition) is 1. The van der Waals surface area contributed by atoms with Crippen LogP contribution >= 0.6 is 0 Å². The van der Waals surface area contributed by atoms with Crippen LogP contribution in [-0.4, -0.2) is 22.2 Å². The Morgan fingerprint density at radius 3 is 2.61 bits per heavy atom. The molecular weight excluding hydrogens is 228 g/mol. The van der Waals surface area contributed by atoms with Gasteiger partial charge in [-0.2, -0.15) is 0 Å². The Kier molecular flexibility index (Phi) is 3.81. The van der Waals surface area contributed by atoms with Crippen molar-refractivity contribution in [2.24, 2.45) is 5.16 Å². The second kappa shape index (κ2) is 5.72. The first kappa shape index (κ1) is 12.0. The molecule has 90 valence electrons. The minimum atomic E-state index is -0.597. The van der Waals surface area contributed by atoms with Crippen molar-refractivity contribution in [3.63, 3.8) is 0 Å². The summed E-state index contributed by atoms with van der Waals surface area (Å²) in [6.45, 7) is 0. The van der Waals surface area contributed by atoms with E-state index in [1.807, 2.05) is 30.3 Å². The summed E-state index contributed by atoms with van der Waals surface area (Å²) in [6.07, 6.45) is 4.34. The van der Waals surface area contributed by atoms with Crippen LogP contribution in [0, 0.1) is 0 Å². The van der Waals surface area contributed by atoms with Gasteiger partial charge in [-0.05, 0) is 17.7 Å². The normalized spacial score (nSPS) is 12.4. The average molecular weight is 240 g/mol. The van der Waals surface area contributed by atoms with E-state index in [-0.39, 0.29) is 5.78 Å². The van der Waals surface area contributed by atoms with Gasteiger partial charge in [-0.3, -0.25) is 9.78 Å². The number of aromatic nitrogens is 1. The molecule has 0 fully saturated rings. The zero-order valence-electron chi connectivity index (χ0n) is 9.60. The van der Waals surface area contributed by atoms with Gasteiger partial charge >= 0.3 is 0 Å². The molecule has 4 nitrogen and oxygen atoms in total. The van der Waals surface area contributed by atoms with Gasteiger partial charge in [0.15, 0.2) is 5.78 Å². The maximum Gasteiger partial charge on any atom is 0.177 e. The standard InChI is InChI=1S/C14H12N2O2/c17-14(12-7-4-8-15-9-12)13(10-16-18)11-5-2-1-3-6-11/h1-10,13,18H/b16-10-. The van der Waals surface area contributed by atoms with Crippen LogP contribution in [-0.2, 0) is 0 Å². The maximum atomic E-state index is 12.3. The quantitative estimate of drug-likeness (QED) is 0.386. The van der Waals surface area contributed by atoms with E-state index >= 15 is 0 Å². The van der Waals surface area contributed by atoms with Gasteiger partial charge in [0, 0.05) is 18.0 Å². The number of rotatable bonds is 4. The molecule has 1 aromatic carbocycles. The van der Waals surface area contributed by atoms with Crippen molar-refractivity contribution in [1.29, 1.82) is 0 Å². The van der Waals surface area contributed by atoms with Crippen molar-refractivity contribution in [2.45, 2.75) is 5.92 Å². The summed E-state index contributed by atoms with van der Waals surface area (Å²) >= 11 is 0. The Hall–Kier alpha value is -2.49. The lowest BCUT2D eigenvalue weighted by atomic mass is 9.92. The lowest BCUT2D eigenvalue weighted by Crippen LogP contribution is -2.14. The van der Waals surface area contributed by atoms with Crippen LogP contribution in [0.3, 0.4) is 0 Å². The van der Waals surface area contributed by atoms with Crippen LogP contribution < -0.4 is 0 Å². The molecular formula is C14H12N2O2. The molecule has 0 radical (unpaired) electrons. The molecule has 1 N–H and O–H groups in total. The Labute approximate surface area is 105 Å². The molecule has 1 unspecified atom stereocenters. The molecule has 0 saturated carbocycles. The van der Waals surface area contributed by atoms with Gasteiger partial charge in [-0.1, -0.05) is 30.3 Å². The molecule has 0 amide bonds. The van der Waals surface area contributed by atoms with Gasteiger partial charge in [-0.25, -0.2) is 0 Å². The van der Waals surface area contributed by atoms with Crippen LogP contribution in [0.2, 0.25) is 0 Å². The number of hydrogen-bond acceptors (Lipinski definition) is 4. The first-order valence-corrected chi connectivity index (χ1v) is 5.49. The fourth-order valence-electron chi connectivity index (χ4n) is 1.72. The predicted octanol–water partition coefficient (Wildman–Crippen LogP) is 2.51. The monoisotopic (exact) mass is 240 g/mol. The second-order valence-electron chi connectivity index (χ2n) is 3.76. The smallest absolute Gasteiger partial charge is 0.177 e. The van der Waals surface area contributed by atoms with E-state index in [1.54, 1.807) is 18.3 Å². The van der Waals surface area contributed by atoms with E-state index in [4.69, 9.17) is 5.21 Å². The van der Waals surface area contributed by atoms with Gasteiger partial charge in [0.05, 0.1) is 12.1 Å². The molecule has 18 heavy (non-hydrogen) atoms. The van der Waals surface area contributed by atoms with E-state index in [1.165, 1.54) is 12.4 Å². The number of pyridine rings is 1.